The summed E-state index contributed by atoms with van der Waals surface area (Å²) in [7, 11) is 0. The van der Waals surface area contributed by atoms with E-state index in [2.05, 4.69) is 5.32 Å². The number of hydrogen-bond donors (Lipinski definition) is 1. The minimum absolute atomic E-state index is 0.120. The van der Waals surface area contributed by atoms with Crippen LogP contribution in [0.15, 0.2) is 48.5 Å². The van der Waals surface area contributed by atoms with Gasteiger partial charge in [-0.1, -0.05) is 12.1 Å². The largest absolute Gasteiger partial charge is 0.492 e. The number of benzene rings is 2. The number of hydrogen-bond acceptors (Lipinski definition) is 5. The Balaban J connectivity index is 1.78. The Kier molecular flexibility index (Phi) is 5.35. The van der Waals surface area contributed by atoms with Crippen LogP contribution in [-0.4, -0.2) is 41.8 Å². The van der Waals surface area contributed by atoms with Gasteiger partial charge in [-0.05, 0) is 43.3 Å². The second-order valence-electron chi connectivity index (χ2n) is 5.77. The van der Waals surface area contributed by atoms with Crippen molar-refractivity contribution in [2.24, 2.45) is 0 Å². The third-order valence-electron chi connectivity index (χ3n) is 3.89. The molecule has 1 aliphatic heterocycles. The van der Waals surface area contributed by atoms with E-state index < -0.39 is 36.1 Å². The number of nitrogens with zero attached hydrogens (tertiary/aromatic N) is 2. The number of imide groups is 2. The molecule has 1 fully saturated rings. The Bertz CT molecular complexity index is 945. The maximum Gasteiger partial charge on any atom is 0.339 e. The zero-order chi connectivity index (χ0) is 20.3. The number of amides is 5. The van der Waals surface area contributed by atoms with E-state index in [9.17, 15) is 23.6 Å². The average Bonchev–Trinajstić information content (AvgIpc) is 2.88. The number of rotatable bonds is 6. The lowest BCUT2D eigenvalue weighted by Gasteiger charge is -2.18. The first-order valence-corrected chi connectivity index (χ1v) is 8.39. The van der Waals surface area contributed by atoms with Crippen molar-refractivity contribution in [2.45, 2.75) is 6.92 Å². The van der Waals surface area contributed by atoms with Gasteiger partial charge in [-0.2, -0.15) is 0 Å². The van der Waals surface area contributed by atoms with E-state index in [4.69, 9.17) is 4.74 Å². The van der Waals surface area contributed by atoms with Gasteiger partial charge in [0.15, 0.2) is 0 Å². The van der Waals surface area contributed by atoms with Gasteiger partial charge in [-0.25, -0.2) is 19.0 Å². The summed E-state index contributed by atoms with van der Waals surface area (Å²) in [5, 5.41) is 2.43. The van der Waals surface area contributed by atoms with Gasteiger partial charge in [-0.15, -0.1) is 0 Å². The molecule has 2 aromatic rings. The molecule has 0 aliphatic carbocycles. The second kappa shape index (κ2) is 7.87. The van der Waals surface area contributed by atoms with Crippen LogP contribution in [0.4, 0.5) is 20.6 Å². The molecule has 0 atom stereocenters. The third-order valence-corrected chi connectivity index (χ3v) is 3.89. The fraction of sp³-hybridized carbons (Fsp3) is 0.158. The van der Waals surface area contributed by atoms with Crippen molar-refractivity contribution in [2.75, 3.05) is 23.4 Å². The molecule has 3 rings (SSSR count). The molecule has 1 heterocycles. The Morgan fingerprint density at radius 2 is 1.71 bits per heavy atom. The van der Waals surface area contributed by atoms with Gasteiger partial charge in [0, 0.05) is 5.69 Å². The van der Waals surface area contributed by atoms with E-state index >= 15 is 0 Å². The van der Waals surface area contributed by atoms with E-state index in [1.54, 1.807) is 25.1 Å². The lowest BCUT2D eigenvalue weighted by molar-refractivity contribution is -0.140. The van der Waals surface area contributed by atoms with Gasteiger partial charge in [0.25, 0.3) is 0 Å². The van der Waals surface area contributed by atoms with Gasteiger partial charge >= 0.3 is 17.8 Å². The van der Waals surface area contributed by atoms with Crippen molar-refractivity contribution >= 4 is 35.1 Å². The van der Waals surface area contributed by atoms with Crippen LogP contribution < -0.4 is 15.0 Å². The summed E-state index contributed by atoms with van der Waals surface area (Å²) in [6.45, 7) is 1.38. The average molecular weight is 385 g/mol. The molecule has 0 unspecified atom stereocenters. The summed E-state index contributed by atoms with van der Waals surface area (Å²) in [6.07, 6.45) is 0. The molecule has 9 heteroatoms. The zero-order valence-corrected chi connectivity index (χ0v) is 14.8. The molecule has 144 valence electrons. The van der Waals surface area contributed by atoms with Crippen molar-refractivity contribution in [1.82, 2.24) is 4.90 Å². The number of ether oxygens (including phenoxy) is 1. The lowest BCUT2D eigenvalue weighted by atomic mass is 10.2. The van der Waals surface area contributed by atoms with E-state index in [1.807, 2.05) is 0 Å². The Morgan fingerprint density at radius 3 is 2.39 bits per heavy atom. The van der Waals surface area contributed by atoms with Crippen molar-refractivity contribution < 1.29 is 28.3 Å². The molecule has 2 aromatic carbocycles. The molecule has 0 bridgehead atoms. The number of carbonyl (C=O) groups excluding carboxylic acids is 4. The van der Waals surface area contributed by atoms with Gasteiger partial charge in [0.2, 0.25) is 5.91 Å². The maximum absolute atomic E-state index is 12.9. The standard InChI is InChI=1S/C19H16FN3O5/c1-2-28-15-6-4-3-5-14(15)23-18(26)17(25)22(19(23)27)11-16(24)21-13-9-7-12(20)8-10-13/h3-10H,2,11H2,1H3,(H,21,24). The fourth-order valence-electron chi connectivity index (χ4n) is 2.65. The van der Waals surface area contributed by atoms with Crippen molar-refractivity contribution in [1.29, 1.82) is 0 Å². The summed E-state index contributed by atoms with van der Waals surface area (Å²) in [5.41, 5.74) is 0.407. The zero-order valence-electron chi connectivity index (χ0n) is 14.8. The predicted molar refractivity (Wildman–Crippen MR) is 97.2 cm³/mol. The molecule has 0 radical (unpaired) electrons. The molecule has 1 N–H and O–H groups in total. The monoisotopic (exact) mass is 385 g/mol. The summed E-state index contributed by atoms with van der Waals surface area (Å²) < 4.78 is 18.3. The van der Waals surface area contributed by atoms with Crippen molar-refractivity contribution in [3.05, 3.63) is 54.3 Å². The number of carbonyl (C=O) groups is 4. The molecule has 0 aromatic heterocycles. The van der Waals surface area contributed by atoms with E-state index in [-0.39, 0.29) is 17.1 Å². The Hall–Kier alpha value is -3.75. The fourth-order valence-corrected chi connectivity index (χ4v) is 2.65. The molecule has 28 heavy (non-hydrogen) atoms. The van der Waals surface area contributed by atoms with Crippen LogP contribution in [-0.2, 0) is 14.4 Å². The molecular weight excluding hydrogens is 369 g/mol. The highest BCUT2D eigenvalue weighted by molar-refractivity contribution is 6.53. The highest BCUT2D eigenvalue weighted by atomic mass is 19.1. The Labute approximate surface area is 159 Å². The summed E-state index contributed by atoms with van der Waals surface area (Å²) in [5.74, 6) is -3.12. The first kappa shape index (κ1) is 19.0. The van der Waals surface area contributed by atoms with Crippen LogP contribution >= 0.6 is 0 Å². The number of para-hydroxylation sites is 2. The highest BCUT2D eigenvalue weighted by Gasteiger charge is 2.47. The quantitative estimate of drug-likeness (QED) is 0.607. The van der Waals surface area contributed by atoms with Crippen LogP contribution in [0, 0.1) is 5.82 Å². The van der Waals surface area contributed by atoms with Crippen molar-refractivity contribution in [3.8, 4) is 5.75 Å². The molecule has 0 spiro atoms. The molecule has 1 saturated heterocycles. The summed E-state index contributed by atoms with van der Waals surface area (Å²) in [6, 6.07) is 10.3. The van der Waals surface area contributed by atoms with E-state index in [1.165, 1.54) is 18.2 Å². The van der Waals surface area contributed by atoms with Gasteiger partial charge in [0.1, 0.15) is 18.1 Å². The summed E-state index contributed by atoms with van der Waals surface area (Å²) >= 11 is 0. The Morgan fingerprint density at radius 1 is 1.04 bits per heavy atom. The van der Waals surface area contributed by atoms with Crippen molar-refractivity contribution in [3.63, 3.8) is 0 Å². The molecular formula is C19H16FN3O5. The predicted octanol–water partition coefficient (Wildman–Crippen LogP) is 2.16. The number of urea groups is 1. The van der Waals surface area contributed by atoms with Crippen LogP contribution in [0.3, 0.4) is 0 Å². The minimum atomic E-state index is -1.12. The molecule has 0 saturated carbocycles. The van der Waals surface area contributed by atoms with Crippen LogP contribution in [0.5, 0.6) is 5.75 Å². The van der Waals surface area contributed by atoms with Gasteiger partial charge in [0.05, 0.1) is 12.3 Å². The molecule has 8 nitrogen and oxygen atoms in total. The number of nitrogens with one attached hydrogen (secondary N) is 1. The number of anilines is 2. The van der Waals surface area contributed by atoms with Crippen LogP contribution in [0.2, 0.25) is 0 Å². The highest BCUT2D eigenvalue weighted by Crippen LogP contribution is 2.31. The van der Waals surface area contributed by atoms with E-state index in [0.717, 1.165) is 12.1 Å². The van der Waals surface area contributed by atoms with Crippen LogP contribution in [0.25, 0.3) is 0 Å². The summed E-state index contributed by atoms with van der Waals surface area (Å²) in [4.78, 5) is 50.6. The smallest absolute Gasteiger partial charge is 0.339 e. The molecule has 1 aliphatic rings. The normalized spacial score (nSPS) is 13.9. The third kappa shape index (κ3) is 3.68. The minimum Gasteiger partial charge on any atom is -0.492 e. The lowest BCUT2D eigenvalue weighted by Crippen LogP contribution is -2.39. The SMILES string of the molecule is CCOc1ccccc1N1C(=O)C(=O)N(CC(=O)Nc2ccc(F)cc2)C1=O. The van der Waals surface area contributed by atoms with Gasteiger partial charge < -0.3 is 10.1 Å². The van der Waals surface area contributed by atoms with E-state index in [0.29, 0.717) is 16.4 Å². The molecule has 5 amide bonds. The first-order chi connectivity index (χ1) is 13.4. The van der Waals surface area contributed by atoms with Crippen LogP contribution in [0.1, 0.15) is 6.92 Å². The van der Waals surface area contributed by atoms with Gasteiger partial charge in [-0.3, -0.25) is 14.4 Å². The number of halogens is 1. The first-order valence-electron chi connectivity index (χ1n) is 8.39. The topological polar surface area (TPSA) is 96.0 Å². The second-order valence-corrected chi connectivity index (χ2v) is 5.77. The maximum atomic E-state index is 12.9.